The molecule has 0 bridgehead atoms. The molecule has 0 saturated carbocycles. The van der Waals surface area contributed by atoms with Crippen LogP contribution in [0.5, 0.6) is 0 Å². The Hall–Kier alpha value is -1.53. The Morgan fingerprint density at radius 1 is 1.40 bits per heavy atom. The van der Waals surface area contributed by atoms with Crippen molar-refractivity contribution in [2.45, 2.75) is 0 Å². The summed E-state index contributed by atoms with van der Waals surface area (Å²) in [6.07, 6.45) is 0. The molecule has 0 radical (unpaired) electrons. The molecule has 0 aromatic heterocycles. The van der Waals surface area contributed by atoms with Gasteiger partial charge in [-0.05, 0) is 18.2 Å². The van der Waals surface area contributed by atoms with E-state index in [2.05, 4.69) is 4.99 Å². The van der Waals surface area contributed by atoms with Gasteiger partial charge in [0.15, 0.2) is 5.03 Å². The Morgan fingerprint density at radius 2 is 1.93 bits per heavy atom. The minimum Gasteiger partial charge on any atom is -0.365 e. The molecule has 8 heteroatoms. The van der Waals surface area contributed by atoms with E-state index in [1.807, 2.05) is 0 Å². The smallest absolute Gasteiger partial charge is 0.256 e. The predicted molar refractivity (Wildman–Crippen MR) is 57.9 cm³/mol. The first-order valence-electron chi connectivity index (χ1n) is 3.68. The third kappa shape index (κ3) is 4.01. The van der Waals surface area contributed by atoms with Crippen molar-refractivity contribution >= 4 is 34.8 Å². The number of aliphatic imine (C=N–C) groups is 1. The number of halogens is 2. The highest BCUT2D eigenvalue weighted by molar-refractivity contribution is 6.35. The van der Waals surface area contributed by atoms with Crippen molar-refractivity contribution < 1.29 is 5.03 Å². The summed E-state index contributed by atoms with van der Waals surface area (Å²) in [6.45, 7) is 0. The van der Waals surface area contributed by atoms with Crippen LogP contribution in [-0.2, 0) is 0 Å². The lowest BCUT2D eigenvalue weighted by atomic mass is 10.3. The normalized spacial score (nSPS) is 11.2. The second kappa shape index (κ2) is 4.81. The van der Waals surface area contributed by atoms with Crippen LogP contribution >= 0.6 is 23.2 Å². The third-order valence-corrected chi connectivity index (χ3v) is 1.74. The van der Waals surface area contributed by atoms with Crippen LogP contribution in [0.15, 0.2) is 23.2 Å². The van der Waals surface area contributed by atoms with E-state index in [0.717, 1.165) is 0 Å². The van der Waals surface area contributed by atoms with Gasteiger partial charge in [-0.2, -0.15) is 0 Å². The fourth-order valence-electron chi connectivity index (χ4n) is 0.861. The summed E-state index contributed by atoms with van der Waals surface area (Å²) < 4.78 is 0. The maximum Gasteiger partial charge on any atom is 0.256 e. The third-order valence-electron chi connectivity index (χ3n) is 1.30. The van der Waals surface area contributed by atoms with Crippen LogP contribution in [-0.4, -0.2) is 11.0 Å². The Balaban J connectivity index is 2.92. The Morgan fingerprint density at radius 3 is 2.40 bits per heavy atom. The standard InChI is InChI=1S/C7H6Cl2N4O2/c8-4-1-5(9)3-6(2-4)11-7(10)12-13(14)15/h1-3H,(H3,10,11,12). The van der Waals surface area contributed by atoms with Gasteiger partial charge in [0, 0.05) is 10.0 Å². The molecule has 3 N–H and O–H groups in total. The van der Waals surface area contributed by atoms with Gasteiger partial charge >= 0.3 is 0 Å². The lowest BCUT2D eigenvalue weighted by Gasteiger charge is -1.98. The lowest BCUT2D eigenvalue weighted by molar-refractivity contribution is -0.525. The molecule has 0 atom stereocenters. The molecule has 1 rings (SSSR count). The van der Waals surface area contributed by atoms with E-state index in [1.54, 1.807) is 5.43 Å². The van der Waals surface area contributed by atoms with Crippen LogP contribution in [0, 0.1) is 10.1 Å². The molecule has 0 fully saturated rings. The van der Waals surface area contributed by atoms with Crippen molar-refractivity contribution in [2.75, 3.05) is 0 Å². The first kappa shape index (κ1) is 11.5. The average molecular weight is 249 g/mol. The number of hydrogen-bond donors (Lipinski definition) is 2. The molecule has 6 nitrogen and oxygen atoms in total. The van der Waals surface area contributed by atoms with E-state index in [4.69, 9.17) is 28.9 Å². The molecule has 0 unspecified atom stereocenters. The van der Waals surface area contributed by atoms with Gasteiger partial charge in [0.05, 0.1) is 5.69 Å². The molecule has 15 heavy (non-hydrogen) atoms. The number of nitro groups is 1. The molecular formula is C7H6Cl2N4O2. The first-order valence-corrected chi connectivity index (χ1v) is 4.44. The first-order chi connectivity index (χ1) is 6.97. The van der Waals surface area contributed by atoms with E-state index in [9.17, 15) is 10.1 Å². The Labute approximate surface area is 94.8 Å². The summed E-state index contributed by atoms with van der Waals surface area (Å²) in [5.74, 6) is -0.349. The Kier molecular flexibility index (Phi) is 3.70. The van der Waals surface area contributed by atoms with Gasteiger partial charge in [-0.15, -0.1) is 0 Å². The second-order valence-corrected chi connectivity index (χ2v) is 3.37. The monoisotopic (exact) mass is 248 g/mol. The molecular weight excluding hydrogens is 243 g/mol. The van der Waals surface area contributed by atoms with Crippen molar-refractivity contribution in [3.8, 4) is 0 Å². The number of nitrogens with two attached hydrogens (primary N) is 1. The van der Waals surface area contributed by atoms with Gasteiger partial charge in [0.1, 0.15) is 0 Å². The molecule has 0 aliphatic carbocycles. The minimum atomic E-state index is -0.814. The molecule has 1 aromatic rings. The largest absolute Gasteiger partial charge is 0.365 e. The molecule has 0 aliphatic rings. The minimum absolute atomic E-state index is 0.333. The van der Waals surface area contributed by atoms with Crippen molar-refractivity contribution in [1.82, 2.24) is 5.43 Å². The van der Waals surface area contributed by atoms with Crippen LogP contribution in [0.1, 0.15) is 0 Å². The second-order valence-electron chi connectivity index (χ2n) is 2.49. The van der Waals surface area contributed by atoms with Gasteiger partial charge in [-0.1, -0.05) is 28.6 Å². The van der Waals surface area contributed by atoms with Gasteiger partial charge in [0.25, 0.3) is 5.96 Å². The molecule has 0 amide bonds. The number of hydrogen-bond acceptors (Lipinski definition) is 3. The number of guanidine groups is 1. The van der Waals surface area contributed by atoms with Gasteiger partial charge in [-0.3, -0.25) is 0 Å². The van der Waals surface area contributed by atoms with Crippen LogP contribution in [0.2, 0.25) is 10.0 Å². The van der Waals surface area contributed by atoms with E-state index in [1.165, 1.54) is 18.2 Å². The molecule has 80 valence electrons. The molecule has 0 spiro atoms. The molecule has 1 aromatic carbocycles. The zero-order valence-electron chi connectivity index (χ0n) is 7.28. The maximum atomic E-state index is 10.0. The number of rotatable bonds is 2. The quantitative estimate of drug-likeness (QED) is 0.361. The summed E-state index contributed by atoms with van der Waals surface area (Å²) in [6, 6.07) is 4.46. The summed E-state index contributed by atoms with van der Waals surface area (Å²) >= 11 is 11.4. The summed E-state index contributed by atoms with van der Waals surface area (Å²) in [7, 11) is 0. The molecule has 0 saturated heterocycles. The Bertz CT molecular complexity index is 401. The van der Waals surface area contributed by atoms with E-state index < -0.39 is 5.03 Å². The summed E-state index contributed by atoms with van der Waals surface area (Å²) in [4.78, 5) is 13.7. The van der Waals surface area contributed by atoms with Crippen LogP contribution in [0.4, 0.5) is 5.69 Å². The fourth-order valence-corrected chi connectivity index (χ4v) is 1.38. The van der Waals surface area contributed by atoms with Crippen molar-refractivity contribution in [1.29, 1.82) is 0 Å². The maximum absolute atomic E-state index is 10.0. The molecule has 0 aliphatic heterocycles. The highest BCUT2D eigenvalue weighted by Crippen LogP contribution is 2.24. The van der Waals surface area contributed by atoms with Crippen molar-refractivity contribution in [3.05, 3.63) is 38.4 Å². The summed E-state index contributed by atoms with van der Waals surface area (Å²) in [5.41, 5.74) is 7.24. The number of benzene rings is 1. The van der Waals surface area contributed by atoms with Crippen LogP contribution in [0.3, 0.4) is 0 Å². The van der Waals surface area contributed by atoms with Crippen molar-refractivity contribution in [2.24, 2.45) is 10.7 Å². The average Bonchev–Trinajstić information content (AvgIpc) is 1.98. The number of nitrogens with zero attached hydrogens (tertiary/aromatic N) is 2. The van der Waals surface area contributed by atoms with Gasteiger partial charge in [0.2, 0.25) is 0 Å². The molecule has 0 heterocycles. The lowest BCUT2D eigenvalue weighted by Crippen LogP contribution is -2.35. The zero-order valence-corrected chi connectivity index (χ0v) is 8.79. The highest BCUT2D eigenvalue weighted by Gasteiger charge is 2.01. The van der Waals surface area contributed by atoms with Crippen molar-refractivity contribution in [3.63, 3.8) is 0 Å². The number of hydrazine groups is 1. The SMILES string of the molecule is NC(=Nc1cc(Cl)cc(Cl)c1)N[N+](=O)[O-]. The zero-order chi connectivity index (χ0) is 11.4. The topological polar surface area (TPSA) is 93.5 Å². The fraction of sp³-hybridized carbons (Fsp3) is 0. The predicted octanol–water partition coefficient (Wildman–Crippen LogP) is 1.72. The van der Waals surface area contributed by atoms with Gasteiger partial charge < -0.3 is 5.73 Å². The van der Waals surface area contributed by atoms with E-state index in [-0.39, 0.29) is 5.96 Å². The number of nitrogens with one attached hydrogen (secondary N) is 1. The van der Waals surface area contributed by atoms with Crippen LogP contribution < -0.4 is 11.2 Å². The highest BCUT2D eigenvalue weighted by atomic mass is 35.5. The van der Waals surface area contributed by atoms with E-state index in [0.29, 0.717) is 15.7 Å². The van der Waals surface area contributed by atoms with E-state index >= 15 is 0 Å². The van der Waals surface area contributed by atoms with Crippen LogP contribution in [0.25, 0.3) is 0 Å². The summed E-state index contributed by atoms with van der Waals surface area (Å²) in [5, 5.41) is 9.94. The van der Waals surface area contributed by atoms with Gasteiger partial charge in [-0.25, -0.2) is 15.1 Å².